The van der Waals surface area contributed by atoms with Gasteiger partial charge in [-0.25, -0.2) is 0 Å². The van der Waals surface area contributed by atoms with Crippen molar-refractivity contribution in [3.63, 3.8) is 0 Å². The Bertz CT molecular complexity index is 222. The van der Waals surface area contributed by atoms with Gasteiger partial charge in [0.15, 0.2) is 5.78 Å². The second-order valence-electron chi connectivity index (χ2n) is 3.82. The SMILES string of the molecule is O=C(CCC1CCCO1)COCC(F)(F)F. The van der Waals surface area contributed by atoms with E-state index in [9.17, 15) is 18.0 Å². The summed E-state index contributed by atoms with van der Waals surface area (Å²) in [6.07, 6.45) is -1.56. The number of alkyl halides is 3. The first-order valence-corrected chi connectivity index (χ1v) is 5.25. The van der Waals surface area contributed by atoms with Crippen molar-refractivity contribution in [3.8, 4) is 0 Å². The maximum absolute atomic E-state index is 11.7. The standard InChI is InChI=1S/C10H15F3O3/c11-10(12,13)7-15-6-8(14)3-4-9-2-1-5-16-9/h9H,1-7H2. The Morgan fingerprint density at radius 1 is 1.44 bits per heavy atom. The van der Waals surface area contributed by atoms with E-state index in [1.54, 1.807) is 0 Å². The van der Waals surface area contributed by atoms with Crippen molar-refractivity contribution in [2.24, 2.45) is 0 Å². The fourth-order valence-corrected chi connectivity index (χ4v) is 1.55. The van der Waals surface area contributed by atoms with Crippen LogP contribution in [0.1, 0.15) is 25.7 Å². The van der Waals surface area contributed by atoms with E-state index in [0.717, 1.165) is 12.8 Å². The van der Waals surface area contributed by atoms with E-state index < -0.39 is 19.4 Å². The summed E-state index contributed by atoms with van der Waals surface area (Å²) in [6, 6.07) is 0. The molecule has 0 aliphatic carbocycles. The average Bonchev–Trinajstić information content (AvgIpc) is 2.65. The minimum Gasteiger partial charge on any atom is -0.378 e. The van der Waals surface area contributed by atoms with Gasteiger partial charge in [0, 0.05) is 13.0 Å². The van der Waals surface area contributed by atoms with Gasteiger partial charge in [-0.3, -0.25) is 4.79 Å². The summed E-state index contributed by atoms with van der Waals surface area (Å²) in [5.41, 5.74) is 0. The average molecular weight is 240 g/mol. The first kappa shape index (κ1) is 13.4. The summed E-state index contributed by atoms with van der Waals surface area (Å²) < 4.78 is 44.6. The van der Waals surface area contributed by atoms with Crippen LogP contribution in [0.3, 0.4) is 0 Å². The van der Waals surface area contributed by atoms with E-state index in [1.165, 1.54) is 0 Å². The quantitative estimate of drug-likeness (QED) is 0.713. The number of Topliss-reactive ketones (excluding diaryl/α,β-unsaturated/α-hetero) is 1. The van der Waals surface area contributed by atoms with Crippen LogP contribution in [0.5, 0.6) is 0 Å². The van der Waals surface area contributed by atoms with Gasteiger partial charge in [0.25, 0.3) is 0 Å². The van der Waals surface area contributed by atoms with Crippen LogP contribution in [-0.4, -0.2) is 37.9 Å². The number of ketones is 1. The molecule has 0 aromatic rings. The third kappa shape index (κ3) is 6.07. The second kappa shape index (κ2) is 6.20. The van der Waals surface area contributed by atoms with E-state index in [-0.39, 0.29) is 18.3 Å². The number of rotatable bonds is 6. The molecule has 0 amide bonds. The van der Waals surface area contributed by atoms with Gasteiger partial charge < -0.3 is 9.47 Å². The molecule has 0 aromatic carbocycles. The van der Waals surface area contributed by atoms with Crippen LogP contribution in [0.2, 0.25) is 0 Å². The molecule has 0 bridgehead atoms. The van der Waals surface area contributed by atoms with Crippen molar-refractivity contribution in [3.05, 3.63) is 0 Å². The van der Waals surface area contributed by atoms with Gasteiger partial charge in [0.1, 0.15) is 13.2 Å². The van der Waals surface area contributed by atoms with Crippen molar-refractivity contribution in [1.82, 2.24) is 0 Å². The zero-order chi connectivity index (χ0) is 12.0. The Morgan fingerprint density at radius 3 is 2.75 bits per heavy atom. The molecule has 1 aliphatic heterocycles. The first-order valence-electron chi connectivity index (χ1n) is 5.25. The normalized spacial score (nSPS) is 21.3. The summed E-state index contributed by atoms with van der Waals surface area (Å²) in [5.74, 6) is -0.306. The van der Waals surface area contributed by atoms with Crippen LogP contribution < -0.4 is 0 Å². The van der Waals surface area contributed by atoms with E-state index in [2.05, 4.69) is 4.74 Å². The molecular formula is C10H15F3O3. The summed E-state index contributed by atoms with van der Waals surface area (Å²) in [5, 5.41) is 0. The molecule has 1 rings (SSSR count). The molecule has 16 heavy (non-hydrogen) atoms. The van der Waals surface area contributed by atoms with Crippen molar-refractivity contribution < 1.29 is 27.4 Å². The van der Waals surface area contributed by atoms with Crippen molar-refractivity contribution in [2.75, 3.05) is 19.8 Å². The largest absolute Gasteiger partial charge is 0.411 e. The number of ether oxygens (including phenoxy) is 2. The van der Waals surface area contributed by atoms with E-state index in [4.69, 9.17) is 4.74 Å². The third-order valence-electron chi connectivity index (χ3n) is 2.30. The van der Waals surface area contributed by atoms with Crippen LogP contribution in [0, 0.1) is 0 Å². The Kier molecular flexibility index (Phi) is 5.21. The highest BCUT2D eigenvalue weighted by Crippen LogP contribution is 2.17. The molecule has 1 aliphatic rings. The monoisotopic (exact) mass is 240 g/mol. The van der Waals surface area contributed by atoms with Crippen LogP contribution in [-0.2, 0) is 14.3 Å². The summed E-state index contributed by atoms with van der Waals surface area (Å²) >= 11 is 0. The molecule has 1 unspecified atom stereocenters. The van der Waals surface area contributed by atoms with E-state index in [1.807, 2.05) is 0 Å². The molecule has 0 saturated carbocycles. The highest BCUT2D eigenvalue weighted by Gasteiger charge is 2.27. The number of halogens is 3. The third-order valence-corrected chi connectivity index (χ3v) is 2.30. The molecule has 0 N–H and O–H groups in total. The lowest BCUT2D eigenvalue weighted by Gasteiger charge is -2.09. The molecule has 1 fully saturated rings. The maximum Gasteiger partial charge on any atom is 0.411 e. The van der Waals surface area contributed by atoms with Crippen LogP contribution in [0.25, 0.3) is 0 Å². The van der Waals surface area contributed by atoms with Crippen LogP contribution in [0.15, 0.2) is 0 Å². The fraction of sp³-hybridized carbons (Fsp3) is 0.900. The summed E-state index contributed by atoms with van der Waals surface area (Å²) in [4.78, 5) is 11.1. The molecule has 0 spiro atoms. The lowest BCUT2D eigenvalue weighted by Crippen LogP contribution is -2.21. The number of hydrogen-bond donors (Lipinski definition) is 0. The van der Waals surface area contributed by atoms with Gasteiger partial charge in [-0.1, -0.05) is 0 Å². The van der Waals surface area contributed by atoms with E-state index >= 15 is 0 Å². The Labute approximate surface area is 91.9 Å². The minimum atomic E-state index is -4.37. The summed E-state index contributed by atoms with van der Waals surface area (Å²) in [6.45, 7) is -1.12. The first-order chi connectivity index (χ1) is 7.47. The zero-order valence-corrected chi connectivity index (χ0v) is 8.89. The predicted molar refractivity (Wildman–Crippen MR) is 50.1 cm³/mol. The number of carbonyl (C=O) groups excluding carboxylic acids is 1. The molecule has 0 radical (unpaired) electrons. The zero-order valence-electron chi connectivity index (χ0n) is 8.89. The van der Waals surface area contributed by atoms with Gasteiger partial charge in [-0.05, 0) is 19.3 Å². The molecule has 94 valence electrons. The van der Waals surface area contributed by atoms with Gasteiger partial charge >= 0.3 is 6.18 Å². The minimum absolute atomic E-state index is 0.0894. The molecule has 1 atom stereocenters. The van der Waals surface area contributed by atoms with Crippen molar-refractivity contribution in [2.45, 2.75) is 38.0 Å². The highest BCUT2D eigenvalue weighted by atomic mass is 19.4. The van der Waals surface area contributed by atoms with Gasteiger partial charge in [-0.15, -0.1) is 0 Å². The van der Waals surface area contributed by atoms with Crippen molar-refractivity contribution in [1.29, 1.82) is 0 Å². The molecule has 1 heterocycles. The molecule has 6 heteroatoms. The van der Waals surface area contributed by atoms with Crippen molar-refractivity contribution >= 4 is 5.78 Å². The maximum atomic E-state index is 11.7. The Hall–Kier alpha value is -0.620. The number of hydrogen-bond acceptors (Lipinski definition) is 3. The summed E-state index contributed by atoms with van der Waals surface area (Å²) in [7, 11) is 0. The van der Waals surface area contributed by atoms with Crippen LogP contribution in [0.4, 0.5) is 13.2 Å². The molecule has 1 saturated heterocycles. The Balaban J connectivity index is 2.02. The molecule has 3 nitrogen and oxygen atoms in total. The number of carbonyl (C=O) groups is 1. The van der Waals surface area contributed by atoms with E-state index in [0.29, 0.717) is 13.0 Å². The smallest absolute Gasteiger partial charge is 0.378 e. The topological polar surface area (TPSA) is 35.5 Å². The predicted octanol–water partition coefficient (Wildman–Crippen LogP) is 2.09. The molecule has 0 aromatic heterocycles. The Morgan fingerprint density at radius 2 is 2.19 bits per heavy atom. The van der Waals surface area contributed by atoms with Gasteiger partial charge in [-0.2, -0.15) is 13.2 Å². The van der Waals surface area contributed by atoms with Crippen LogP contribution >= 0.6 is 0 Å². The van der Waals surface area contributed by atoms with Gasteiger partial charge in [0.05, 0.1) is 6.10 Å². The lowest BCUT2D eigenvalue weighted by atomic mass is 10.1. The molecular weight excluding hydrogens is 225 g/mol. The lowest BCUT2D eigenvalue weighted by molar-refractivity contribution is -0.175. The highest BCUT2D eigenvalue weighted by molar-refractivity contribution is 5.79. The fourth-order valence-electron chi connectivity index (χ4n) is 1.55. The van der Waals surface area contributed by atoms with Gasteiger partial charge in [0.2, 0.25) is 0 Å². The second-order valence-corrected chi connectivity index (χ2v) is 3.82.